The van der Waals surface area contributed by atoms with Crippen LogP contribution in [-0.4, -0.2) is 43.2 Å². The molecule has 0 aliphatic carbocycles. The van der Waals surface area contributed by atoms with Crippen LogP contribution in [-0.2, 0) is 6.54 Å². The van der Waals surface area contributed by atoms with Gasteiger partial charge in [-0.05, 0) is 55.7 Å². The maximum Gasteiger partial charge on any atom is 0.263 e. The number of rotatable bonds is 7. The fourth-order valence-electron chi connectivity index (χ4n) is 3.65. The van der Waals surface area contributed by atoms with Gasteiger partial charge < -0.3 is 19.7 Å². The Hall–Kier alpha value is -3.13. The average Bonchev–Trinajstić information content (AvgIpc) is 3.47. The van der Waals surface area contributed by atoms with Gasteiger partial charge in [0.05, 0.1) is 19.9 Å². The first-order chi connectivity index (χ1) is 15.1. The maximum atomic E-state index is 12.8. The van der Waals surface area contributed by atoms with Gasteiger partial charge in [-0.1, -0.05) is 0 Å². The van der Waals surface area contributed by atoms with E-state index < -0.39 is 0 Å². The summed E-state index contributed by atoms with van der Waals surface area (Å²) in [4.78, 5) is 24.8. The zero-order valence-electron chi connectivity index (χ0n) is 18.0. The van der Waals surface area contributed by atoms with Gasteiger partial charge in [-0.15, -0.1) is 11.3 Å². The molecular weight excluding hydrogens is 412 g/mol. The van der Waals surface area contributed by atoms with Gasteiger partial charge >= 0.3 is 0 Å². The van der Waals surface area contributed by atoms with Crippen molar-refractivity contribution in [2.75, 3.05) is 32.2 Å². The topological polar surface area (TPSA) is 76.6 Å². The molecule has 1 fully saturated rings. The van der Waals surface area contributed by atoms with Gasteiger partial charge in [-0.25, -0.2) is 9.97 Å². The maximum absolute atomic E-state index is 12.8. The van der Waals surface area contributed by atoms with Crippen molar-refractivity contribution in [1.82, 2.24) is 15.3 Å². The fourth-order valence-corrected chi connectivity index (χ4v) is 4.63. The van der Waals surface area contributed by atoms with Crippen LogP contribution in [0.4, 0.5) is 5.82 Å². The van der Waals surface area contributed by atoms with Gasteiger partial charge in [-0.2, -0.15) is 0 Å². The number of nitrogens with zero attached hydrogens (tertiary/aromatic N) is 3. The summed E-state index contributed by atoms with van der Waals surface area (Å²) in [6.45, 7) is 4.39. The number of benzene rings is 1. The van der Waals surface area contributed by atoms with E-state index in [1.54, 1.807) is 14.2 Å². The molecule has 0 radical (unpaired) electrons. The number of thiazole rings is 1. The molecule has 0 spiro atoms. The second-order valence-electron chi connectivity index (χ2n) is 7.40. The molecule has 4 rings (SSSR count). The molecule has 31 heavy (non-hydrogen) atoms. The number of pyridine rings is 1. The molecule has 0 saturated carbocycles. The van der Waals surface area contributed by atoms with Crippen LogP contribution in [0.25, 0.3) is 10.6 Å². The van der Waals surface area contributed by atoms with Gasteiger partial charge in [0.1, 0.15) is 15.7 Å². The standard InChI is InChI=1S/C23H26N4O3S/c1-15-21(31-23(26-15)17-6-7-18(29-2)19(13-17)30-3)22(28)25-14-16-8-9-24-20(12-16)27-10-4-5-11-27/h6-9,12-13H,4-5,10-11,14H2,1-3H3,(H,25,28). The zero-order valence-corrected chi connectivity index (χ0v) is 18.8. The van der Waals surface area contributed by atoms with Crippen LogP contribution in [0.2, 0.25) is 0 Å². The number of ether oxygens (including phenoxy) is 2. The molecule has 1 aromatic carbocycles. The van der Waals surface area contributed by atoms with Crippen molar-refractivity contribution in [3.8, 4) is 22.1 Å². The molecular formula is C23H26N4O3S. The number of hydrogen-bond acceptors (Lipinski definition) is 7. The van der Waals surface area contributed by atoms with Crippen molar-refractivity contribution in [2.45, 2.75) is 26.3 Å². The van der Waals surface area contributed by atoms with Crippen molar-refractivity contribution >= 4 is 23.1 Å². The number of aromatic nitrogens is 2. The van der Waals surface area contributed by atoms with E-state index in [0.29, 0.717) is 28.6 Å². The molecule has 3 heterocycles. The van der Waals surface area contributed by atoms with Gasteiger partial charge in [0.15, 0.2) is 11.5 Å². The van der Waals surface area contributed by atoms with Crippen molar-refractivity contribution in [3.05, 3.63) is 52.7 Å². The first kappa shape index (κ1) is 21.1. The van der Waals surface area contributed by atoms with Crippen molar-refractivity contribution < 1.29 is 14.3 Å². The Kier molecular flexibility index (Phi) is 6.36. The molecule has 162 valence electrons. The number of carbonyl (C=O) groups excluding carboxylic acids is 1. The average molecular weight is 439 g/mol. The van der Waals surface area contributed by atoms with E-state index >= 15 is 0 Å². The molecule has 8 heteroatoms. The molecule has 1 amide bonds. The van der Waals surface area contributed by atoms with Crippen LogP contribution in [0.3, 0.4) is 0 Å². The van der Waals surface area contributed by atoms with E-state index in [1.165, 1.54) is 24.2 Å². The Bertz CT molecular complexity index is 1080. The van der Waals surface area contributed by atoms with Crippen LogP contribution in [0.1, 0.15) is 33.8 Å². The van der Waals surface area contributed by atoms with Crippen LogP contribution >= 0.6 is 11.3 Å². The molecule has 0 atom stereocenters. The van der Waals surface area contributed by atoms with Gasteiger partial charge in [-0.3, -0.25) is 4.79 Å². The quantitative estimate of drug-likeness (QED) is 0.600. The smallest absolute Gasteiger partial charge is 0.263 e. The lowest BCUT2D eigenvalue weighted by molar-refractivity contribution is 0.0954. The SMILES string of the molecule is COc1ccc(-c2nc(C)c(C(=O)NCc3ccnc(N4CCCC4)c3)s2)cc1OC. The van der Waals surface area contributed by atoms with Crippen molar-refractivity contribution in [3.63, 3.8) is 0 Å². The van der Waals surface area contributed by atoms with E-state index in [9.17, 15) is 4.79 Å². The number of carbonyl (C=O) groups is 1. The summed E-state index contributed by atoms with van der Waals surface area (Å²) in [6, 6.07) is 9.62. The summed E-state index contributed by atoms with van der Waals surface area (Å²) in [7, 11) is 3.20. The second-order valence-corrected chi connectivity index (χ2v) is 8.40. The number of anilines is 1. The molecule has 3 aromatic rings. The third-order valence-electron chi connectivity index (χ3n) is 5.33. The molecule has 0 unspecified atom stereocenters. The summed E-state index contributed by atoms with van der Waals surface area (Å²) in [5.74, 6) is 2.14. The van der Waals surface area contributed by atoms with E-state index in [-0.39, 0.29) is 5.91 Å². The molecule has 2 aromatic heterocycles. The highest BCUT2D eigenvalue weighted by Gasteiger charge is 2.18. The number of aryl methyl sites for hydroxylation is 1. The minimum absolute atomic E-state index is 0.124. The predicted molar refractivity (Wildman–Crippen MR) is 122 cm³/mol. The number of amides is 1. The largest absolute Gasteiger partial charge is 0.493 e. The lowest BCUT2D eigenvalue weighted by atomic mass is 10.2. The first-order valence-electron chi connectivity index (χ1n) is 10.3. The highest BCUT2D eigenvalue weighted by molar-refractivity contribution is 7.17. The number of methoxy groups -OCH3 is 2. The Balaban J connectivity index is 1.46. The Morgan fingerprint density at radius 2 is 1.90 bits per heavy atom. The summed E-state index contributed by atoms with van der Waals surface area (Å²) < 4.78 is 10.7. The number of nitrogens with one attached hydrogen (secondary N) is 1. The van der Waals surface area contributed by atoms with Crippen molar-refractivity contribution in [1.29, 1.82) is 0 Å². The van der Waals surface area contributed by atoms with E-state index in [0.717, 1.165) is 35.0 Å². The fraction of sp³-hybridized carbons (Fsp3) is 0.348. The summed E-state index contributed by atoms with van der Waals surface area (Å²) in [5, 5.41) is 3.79. The van der Waals surface area contributed by atoms with Crippen LogP contribution in [0.5, 0.6) is 11.5 Å². The lowest BCUT2D eigenvalue weighted by Gasteiger charge is -2.16. The molecule has 7 nitrogen and oxygen atoms in total. The first-order valence-corrected chi connectivity index (χ1v) is 11.1. The Labute approximate surface area is 186 Å². The summed E-state index contributed by atoms with van der Waals surface area (Å²) in [6.07, 6.45) is 4.22. The van der Waals surface area contributed by atoms with Crippen LogP contribution in [0.15, 0.2) is 36.5 Å². The second kappa shape index (κ2) is 9.34. The van der Waals surface area contributed by atoms with Crippen LogP contribution < -0.4 is 19.7 Å². The van der Waals surface area contributed by atoms with E-state index in [1.807, 2.05) is 37.4 Å². The Morgan fingerprint density at radius 1 is 1.13 bits per heavy atom. The molecule has 0 bridgehead atoms. The van der Waals surface area contributed by atoms with Crippen LogP contribution in [0, 0.1) is 6.92 Å². The minimum Gasteiger partial charge on any atom is -0.493 e. The molecule has 1 N–H and O–H groups in total. The zero-order chi connectivity index (χ0) is 21.8. The highest BCUT2D eigenvalue weighted by Crippen LogP contribution is 2.35. The van der Waals surface area contributed by atoms with E-state index in [4.69, 9.17) is 9.47 Å². The third-order valence-corrected chi connectivity index (χ3v) is 6.53. The highest BCUT2D eigenvalue weighted by atomic mass is 32.1. The lowest BCUT2D eigenvalue weighted by Crippen LogP contribution is -2.23. The van der Waals surface area contributed by atoms with Gasteiger partial charge in [0.2, 0.25) is 0 Å². The van der Waals surface area contributed by atoms with E-state index in [2.05, 4.69) is 26.3 Å². The van der Waals surface area contributed by atoms with Crippen molar-refractivity contribution in [2.24, 2.45) is 0 Å². The summed E-state index contributed by atoms with van der Waals surface area (Å²) in [5.41, 5.74) is 2.63. The molecule has 1 aliphatic rings. The minimum atomic E-state index is -0.124. The number of hydrogen-bond donors (Lipinski definition) is 1. The van der Waals surface area contributed by atoms with Gasteiger partial charge in [0.25, 0.3) is 5.91 Å². The molecule has 1 saturated heterocycles. The monoisotopic (exact) mass is 438 g/mol. The normalized spacial score (nSPS) is 13.3. The third kappa shape index (κ3) is 4.64. The molecule has 1 aliphatic heterocycles. The summed E-state index contributed by atoms with van der Waals surface area (Å²) >= 11 is 1.37. The predicted octanol–water partition coefficient (Wildman–Crippen LogP) is 4.06. The van der Waals surface area contributed by atoms with Gasteiger partial charge in [0, 0.05) is 31.4 Å². The Morgan fingerprint density at radius 3 is 2.65 bits per heavy atom.